The third kappa shape index (κ3) is 6.05. The lowest BCUT2D eigenvalue weighted by molar-refractivity contribution is -0.00114. The van der Waals surface area contributed by atoms with Crippen LogP contribution < -0.4 is 0 Å². The number of hydrogen-bond donors (Lipinski definition) is 0. The average Bonchev–Trinajstić information content (AvgIpc) is 2.14. The van der Waals surface area contributed by atoms with E-state index in [-0.39, 0.29) is 0 Å². The van der Waals surface area contributed by atoms with E-state index in [0.717, 1.165) is 25.9 Å². The van der Waals surface area contributed by atoms with Crippen molar-refractivity contribution in [3.05, 3.63) is 0 Å². The predicted octanol–water partition coefficient (Wildman–Crippen LogP) is 3.01. The Balaban J connectivity index is 3.76. The Morgan fingerprint density at radius 1 is 1.08 bits per heavy atom. The maximum atomic E-state index is 5.64. The minimum absolute atomic E-state index is 0.364. The first kappa shape index (κ1) is 12.9. The first-order chi connectivity index (χ1) is 6.28. The van der Waals surface area contributed by atoms with E-state index >= 15 is 0 Å². The van der Waals surface area contributed by atoms with E-state index in [4.69, 9.17) is 9.47 Å². The summed E-state index contributed by atoms with van der Waals surface area (Å²) in [5.74, 6) is 0. The molecule has 0 radical (unpaired) electrons. The fourth-order valence-electron chi connectivity index (χ4n) is 1.55. The SMILES string of the molecule is CCCC(CC(CC)OC)OCC. The van der Waals surface area contributed by atoms with E-state index in [9.17, 15) is 0 Å². The van der Waals surface area contributed by atoms with Gasteiger partial charge in [-0.25, -0.2) is 0 Å². The fourth-order valence-corrected chi connectivity index (χ4v) is 1.55. The van der Waals surface area contributed by atoms with Crippen molar-refractivity contribution in [3.8, 4) is 0 Å². The molecule has 2 unspecified atom stereocenters. The van der Waals surface area contributed by atoms with Crippen LogP contribution in [-0.2, 0) is 9.47 Å². The molecule has 0 aromatic heterocycles. The molecular formula is C11H24O2. The van der Waals surface area contributed by atoms with Crippen molar-refractivity contribution < 1.29 is 9.47 Å². The first-order valence-corrected chi connectivity index (χ1v) is 5.42. The van der Waals surface area contributed by atoms with Crippen molar-refractivity contribution >= 4 is 0 Å². The summed E-state index contributed by atoms with van der Waals surface area (Å²) in [5, 5.41) is 0. The van der Waals surface area contributed by atoms with Gasteiger partial charge >= 0.3 is 0 Å². The second kappa shape index (κ2) is 8.52. The molecule has 0 aliphatic heterocycles. The Morgan fingerprint density at radius 3 is 2.15 bits per heavy atom. The largest absolute Gasteiger partial charge is 0.381 e. The van der Waals surface area contributed by atoms with Gasteiger partial charge in [0, 0.05) is 13.7 Å². The van der Waals surface area contributed by atoms with Crippen LogP contribution in [0, 0.1) is 0 Å². The summed E-state index contributed by atoms with van der Waals surface area (Å²) in [4.78, 5) is 0. The van der Waals surface area contributed by atoms with Crippen LogP contribution >= 0.6 is 0 Å². The average molecular weight is 188 g/mol. The lowest BCUT2D eigenvalue weighted by Gasteiger charge is -2.21. The normalized spacial score (nSPS) is 15.7. The standard InChI is InChI=1S/C11H24O2/c1-5-8-11(13-7-3)9-10(6-2)12-4/h10-11H,5-9H2,1-4H3. The molecule has 0 N–H and O–H groups in total. The van der Waals surface area contributed by atoms with Gasteiger partial charge in [0.25, 0.3) is 0 Å². The van der Waals surface area contributed by atoms with Gasteiger partial charge in [-0.05, 0) is 26.2 Å². The van der Waals surface area contributed by atoms with E-state index < -0.39 is 0 Å². The topological polar surface area (TPSA) is 18.5 Å². The van der Waals surface area contributed by atoms with Crippen molar-refractivity contribution in [2.75, 3.05) is 13.7 Å². The first-order valence-electron chi connectivity index (χ1n) is 5.42. The van der Waals surface area contributed by atoms with E-state index in [1.807, 2.05) is 0 Å². The Labute approximate surface area is 82.6 Å². The van der Waals surface area contributed by atoms with Crippen molar-refractivity contribution in [1.29, 1.82) is 0 Å². The van der Waals surface area contributed by atoms with E-state index in [1.54, 1.807) is 7.11 Å². The molecule has 0 heterocycles. The van der Waals surface area contributed by atoms with Gasteiger partial charge in [0.1, 0.15) is 0 Å². The molecule has 0 rings (SSSR count). The van der Waals surface area contributed by atoms with Crippen LogP contribution in [0.15, 0.2) is 0 Å². The Hall–Kier alpha value is -0.0800. The molecule has 0 spiro atoms. The summed E-state index contributed by atoms with van der Waals surface area (Å²) >= 11 is 0. The molecule has 0 fully saturated rings. The Kier molecular flexibility index (Phi) is 8.46. The molecule has 13 heavy (non-hydrogen) atoms. The monoisotopic (exact) mass is 188 g/mol. The van der Waals surface area contributed by atoms with Gasteiger partial charge < -0.3 is 9.47 Å². The molecule has 0 bridgehead atoms. The minimum atomic E-state index is 0.364. The van der Waals surface area contributed by atoms with Gasteiger partial charge in [0.05, 0.1) is 12.2 Å². The van der Waals surface area contributed by atoms with Crippen LogP contribution in [0.2, 0.25) is 0 Å². The van der Waals surface area contributed by atoms with Crippen LogP contribution in [0.25, 0.3) is 0 Å². The van der Waals surface area contributed by atoms with E-state index in [1.165, 1.54) is 6.42 Å². The van der Waals surface area contributed by atoms with Gasteiger partial charge in [0.15, 0.2) is 0 Å². The molecule has 0 saturated heterocycles. The van der Waals surface area contributed by atoms with Crippen LogP contribution in [0.4, 0.5) is 0 Å². The van der Waals surface area contributed by atoms with Crippen molar-refractivity contribution in [2.45, 2.75) is 58.7 Å². The highest BCUT2D eigenvalue weighted by Crippen LogP contribution is 2.13. The number of methoxy groups -OCH3 is 1. The molecule has 0 aliphatic carbocycles. The highest BCUT2D eigenvalue weighted by atomic mass is 16.5. The molecule has 80 valence electrons. The Morgan fingerprint density at radius 2 is 1.77 bits per heavy atom. The lowest BCUT2D eigenvalue weighted by atomic mass is 10.1. The summed E-state index contributed by atoms with van der Waals surface area (Å²) in [5.41, 5.74) is 0. The fraction of sp³-hybridized carbons (Fsp3) is 1.00. The van der Waals surface area contributed by atoms with Gasteiger partial charge in [-0.2, -0.15) is 0 Å². The molecule has 0 aliphatic rings. The smallest absolute Gasteiger partial charge is 0.0599 e. The van der Waals surface area contributed by atoms with Crippen molar-refractivity contribution in [2.24, 2.45) is 0 Å². The van der Waals surface area contributed by atoms with Crippen molar-refractivity contribution in [1.82, 2.24) is 0 Å². The molecule has 0 amide bonds. The molecule has 2 heteroatoms. The third-order valence-electron chi connectivity index (χ3n) is 2.33. The van der Waals surface area contributed by atoms with Crippen LogP contribution in [-0.4, -0.2) is 25.9 Å². The highest BCUT2D eigenvalue weighted by molar-refractivity contribution is 4.64. The van der Waals surface area contributed by atoms with Gasteiger partial charge in [-0.3, -0.25) is 0 Å². The number of hydrogen-bond acceptors (Lipinski definition) is 2. The lowest BCUT2D eigenvalue weighted by Crippen LogP contribution is -2.21. The summed E-state index contributed by atoms with van der Waals surface area (Å²) in [6.07, 6.45) is 5.19. The summed E-state index contributed by atoms with van der Waals surface area (Å²) in [7, 11) is 1.78. The van der Waals surface area contributed by atoms with Gasteiger partial charge in [-0.15, -0.1) is 0 Å². The maximum absolute atomic E-state index is 5.64. The van der Waals surface area contributed by atoms with Gasteiger partial charge in [-0.1, -0.05) is 20.3 Å². The summed E-state index contributed by atoms with van der Waals surface area (Å²) in [6, 6.07) is 0. The van der Waals surface area contributed by atoms with Crippen LogP contribution in [0.5, 0.6) is 0 Å². The van der Waals surface area contributed by atoms with E-state index in [0.29, 0.717) is 12.2 Å². The van der Waals surface area contributed by atoms with Crippen LogP contribution in [0.1, 0.15) is 46.5 Å². The minimum Gasteiger partial charge on any atom is -0.381 e. The zero-order valence-corrected chi connectivity index (χ0v) is 9.51. The zero-order valence-electron chi connectivity index (χ0n) is 9.51. The number of rotatable bonds is 8. The summed E-state index contributed by atoms with van der Waals surface area (Å²) in [6.45, 7) is 7.21. The molecule has 0 aromatic carbocycles. The maximum Gasteiger partial charge on any atom is 0.0599 e. The third-order valence-corrected chi connectivity index (χ3v) is 2.33. The summed E-state index contributed by atoms with van der Waals surface area (Å²) < 4.78 is 11.0. The molecule has 2 nitrogen and oxygen atoms in total. The van der Waals surface area contributed by atoms with Crippen molar-refractivity contribution in [3.63, 3.8) is 0 Å². The highest BCUT2D eigenvalue weighted by Gasteiger charge is 2.13. The van der Waals surface area contributed by atoms with E-state index in [2.05, 4.69) is 20.8 Å². The zero-order chi connectivity index (χ0) is 10.1. The molecule has 2 atom stereocenters. The predicted molar refractivity (Wildman–Crippen MR) is 56.0 cm³/mol. The second-order valence-corrected chi connectivity index (χ2v) is 3.37. The Bertz CT molecular complexity index is 94.3. The molecule has 0 saturated carbocycles. The number of ether oxygens (including phenoxy) is 2. The molecular weight excluding hydrogens is 164 g/mol. The second-order valence-electron chi connectivity index (χ2n) is 3.37. The van der Waals surface area contributed by atoms with Gasteiger partial charge in [0.2, 0.25) is 0 Å². The molecule has 0 aromatic rings. The quantitative estimate of drug-likeness (QED) is 0.583. The van der Waals surface area contributed by atoms with Crippen LogP contribution in [0.3, 0.4) is 0 Å².